The Morgan fingerprint density at radius 3 is 2.53 bits per heavy atom. The van der Waals surface area contributed by atoms with Gasteiger partial charge in [0.1, 0.15) is 5.75 Å². The fourth-order valence-electron chi connectivity index (χ4n) is 1.06. The van der Waals surface area contributed by atoms with E-state index in [2.05, 4.69) is 15.9 Å². The molecule has 0 saturated heterocycles. The summed E-state index contributed by atoms with van der Waals surface area (Å²) in [5.41, 5.74) is 0. The van der Waals surface area contributed by atoms with E-state index < -0.39 is 10.0 Å². The Labute approximate surface area is 118 Å². The van der Waals surface area contributed by atoms with Crippen molar-refractivity contribution < 1.29 is 13.2 Å². The van der Waals surface area contributed by atoms with Crippen LogP contribution in [0.3, 0.4) is 0 Å². The average molecular weight is 363 g/mol. The fourth-order valence-corrected chi connectivity index (χ4v) is 2.42. The van der Waals surface area contributed by atoms with Crippen LogP contribution in [0.1, 0.15) is 6.42 Å². The molecule has 0 aliphatic rings. The molecule has 0 unspecified atom stereocenters. The maximum atomic E-state index is 10.7. The van der Waals surface area contributed by atoms with Crippen LogP contribution >= 0.6 is 39.1 Å². The zero-order chi connectivity index (χ0) is 13.1. The molecular weight excluding hydrogens is 353 g/mol. The van der Waals surface area contributed by atoms with E-state index in [0.717, 1.165) is 0 Å². The van der Waals surface area contributed by atoms with Gasteiger partial charge in [-0.2, -0.15) is 0 Å². The van der Waals surface area contributed by atoms with Gasteiger partial charge in [0, 0.05) is 10.5 Å². The fraction of sp³-hybridized carbons (Fsp3) is 0.333. The first kappa shape index (κ1) is 15.0. The highest BCUT2D eigenvalue weighted by Crippen LogP contribution is 2.34. The molecule has 17 heavy (non-hydrogen) atoms. The highest BCUT2D eigenvalue weighted by molar-refractivity contribution is 9.10. The lowest BCUT2D eigenvalue weighted by atomic mass is 10.3. The summed E-state index contributed by atoms with van der Waals surface area (Å²) >= 11 is 15.0. The van der Waals surface area contributed by atoms with E-state index in [-0.39, 0.29) is 12.4 Å². The standard InChI is InChI=1S/C9H10BrCl2NO3S/c10-6-4-8(12)9(5-7(6)11)16-2-1-3-17(13,14)15/h4-5H,1-3H2,(H2,13,14,15). The van der Waals surface area contributed by atoms with Crippen molar-refractivity contribution in [2.24, 2.45) is 5.14 Å². The molecule has 0 bridgehead atoms. The van der Waals surface area contributed by atoms with Crippen LogP contribution in [0.15, 0.2) is 16.6 Å². The van der Waals surface area contributed by atoms with E-state index in [1.54, 1.807) is 12.1 Å². The molecular formula is C9H10BrCl2NO3S. The van der Waals surface area contributed by atoms with Crippen LogP contribution in [0.5, 0.6) is 5.75 Å². The van der Waals surface area contributed by atoms with Gasteiger partial charge < -0.3 is 4.74 Å². The monoisotopic (exact) mass is 361 g/mol. The van der Waals surface area contributed by atoms with Crippen LogP contribution in [0.2, 0.25) is 10.0 Å². The summed E-state index contributed by atoms with van der Waals surface area (Å²) in [4.78, 5) is 0. The lowest BCUT2D eigenvalue weighted by Gasteiger charge is -2.08. The third-order valence-corrected chi connectivity index (χ3v) is 4.16. The Hall–Kier alpha value is -0.0100. The molecule has 0 aromatic heterocycles. The quantitative estimate of drug-likeness (QED) is 0.646. The zero-order valence-electron chi connectivity index (χ0n) is 8.62. The zero-order valence-corrected chi connectivity index (χ0v) is 12.5. The predicted octanol–water partition coefficient (Wildman–Crippen LogP) is 2.81. The molecule has 1 aromatic carbocycles. The Morgan fingerprint density at radius 1 is 1.29 bits per heavy atom. The Morgan fingerprint density at radius 2 is 1.94 bits per heavy atom. The van der Waals surface area contributed by atoms with E-state index >= 15 is 0 Å². The summed E-state index contributed by atoms with van der Waals surface area (Å²) in [5, 5.41) is 5.72. The largest absolute Gasteiger partial charge is 0.492 e. The van der Waals surface area contributed by atoms with Gasteiger partial charge in [-0.1, -0.05) is 23.2 Å². The molecule has 0 heterocycles. The van der Waals surface area contributed by atoms with Gasteiger partial charge >= 0.3 is 0 Å². The van der Waals surface area contributed by atoms with Crippen LogP contribution in [-0.4, -0.2) is 20.8 Å². The first-order chi connectivity index (χ1) is 7.79. The summed E-state index contributed by atoms with van der Waals surface area (Å²) < 4.78 is 27.3. The van der Waals surface area contributed by atoms with Gasteiger partial charge in [0.2, 0.25) is 10.0 Å². The molecule has 4 nitrogen and oxygen atoms in total. The minimum atomic E-state index is -3.45. The number of sulfonamides is 1. The van der Waals surface area contributed by atoms with Gasteiger partial charge in [0.25, 0.3) is 0 Å². The van der Waals surface area contributed by atoms with Gasteiger partial charge in [-0.25, -0.2) is 13.6 Å². The van der Waals surface area contributed by atoms with Gasteiger partial charge in [-0.3, -0.25) is 0 Å². The van der Waals surface area contributed by atoms with Crippen LogP contribution in [-0.2, 0) is 10.0 Å². The maximum Gasteiger partial charge on any atom is 0.209 e. The molecule has 0 aliphatic carbocycles. The Balaban J connectivity index is 2.55. The lowest BCUT2D eigenvalue weighted by molar-refractivity contribution is 0.318. The SMILES string of the molecule is NS(=O)(=O)CCCOc1cc(Cl)c(Br)cc1Cl. The number of halogens is 3. The van der Waals surface area contributed by atoms with Crippen LogP contribution in [0.25, 0.3) is 0 Å². The molecule has 96 valence electrons. The van der Waals surface area contributed by atoms with E-state index in [1.807, 2.05) is 0 Å². The van der Waals surface area contributed by atoms with E-state index in [4.69, 9.17) is 33.1 Å². The summed E-state index contributed by atoms with van der Waals surface area (Å²) in [6, 6.07) is 3.17. The van der Waals surface area contributed by atoms with Crippen molar-refractivity contribution in [3.8, 4) is 5.75 Å². The van der Waals surface area contributed by atoms with Crippen LogP contribution < -0.4 is 9.88 Å². The molecule has 8 heteroatoms. The number of hydrogen-bond acceptors (Lipinski definition) is 3. The second-order valence-electron chi connectivity index (χ2n) is 3.27. The second kappa shape index (κ2) is 6.24. The first-order valence-electron chi connectivity index (χ1n) is 4.57. The minimum absolute atomic E-state index is 0.130. The number of benzene rings is 1. The number of nitrogens with two attached hydrogens (primary N) is 1. The molecule has 0 atom stereocenters. The number of rotatable bonds is 5. The Kier molecular flexibility index (Phi) is 5.53. The van der Waals surface area contributed by atoms with Crippen molar-refractivity contribution in [1.29, 1.82) is 0 Å². The predicted molar refractivity (Wildman–Crippen MR) is 72.2 cm³/mol. The third-order valence-electron chi connectivity index (χ3n) is 1.81. The molecule has 1 rings (SSSR count). The minimum Gasteiger partial charge on any atom is -0.492 e. The molecule has 0 aliphatic heterocycles. The highest BCUT2D eigenvalue weighted by atomic mass is 79.9. The maximum absolute atomic E-state index is 10.7. The molecule has 0 saturated carbocycles. The molecule has 0 fully saturated rings. The summed E-state index contributed by atoms with van der Waals surface area (Å²) in [6.07, 6.45) is 0.294. The molecule has 0 spiro atoms. The van der Waals surface area contributed by atoms with Gasteiger partial charge in [-0.05, 0) is 28.4 Å². The number of primary sulfonamides is 1. The van der Waals surface area contributed by atoms with Crippen molar-refractivity contribution in [2.75, 3.05) is 12.4 Å². The molecule has 2 N–H and O–H groups in total. The average Bonchev–Trinajstić information content (AvgIpc) is 2.18. The van der Waals surface area contributed by atoms with Crippen LogP contribution in [0, 0.1) is 0 Å². The number of hydrogen-bond donors (Lipinski definition) is 1. The summed E-state index contributed by atoms with van der Waals surface area (Å²) in [5.74, 6) is 0.281. The molecule has 0 radical (unpaired) electrons. The highest BCUT2D eigenvalue weighted by Gasteiger charge is 2.07. The van der Waals surface area contributed by atoms with Crippen molar-refractivity contribution in [3.05, 3.63) is 26.7 Å². The second-order valence-corrected chi connectivity index (χ2v) is 6.67. The van der Waals surface area contributed by atoms with Crippen molar-refractivity contribution in [2.45, 2.75) is 6.42 Å². The lowest BCUT2D eigenvalue weighted by Crippen LogP contribution is -2.18. The summed E-state index contributed by atoms with van der Waals surface area (Å²) in [7, 11) is -3.45. The van der Waals surface area contributed by atoms with Crippen molar-refractivity contribution in [1.82, 2.24) is 0 Å². The smallest absolute Gasteiger partial charge is 0.209 e. The molecule has 0 amide bonds. The van der Waals surface area contributed by atoms with Crippen molar-refractivity contribution in [3.63, 3.8) is 0 Å². The van der Waals surface area contributed by atoms with E-state index in [9.17, 15) is 8.42 Å². The van der Waals surface area contributed by atoms with E-state index in [1.165, 1.54) is 0 Å². The summed E-state index contributed by atoms with van der Waals surface area (Å²) in [6.45, 7) is 0.202. The number of ether oxygens (including phenoxy) is 1. The normalized spacial score (nSPS) is 11.5. The molecule has 1 aromatic rings. The topological polar surface area (TPSA) is 69.4 Å². The van der Waals surface area contributed by atoms with Gasteiger partial charge in [0.05, 0.1) is 22.4 Å². The third kappa shape index (κ3) is 5.44. The van der Waals surface area contributed by atoms with Crippen molar-refractivity contribution >= 4 is 49.2 Å². The Bertz CT molecular complexity index is 507. The van der Waals surface area contributed by atoms with Crippen LogP contribution in [0.4, 0.5) is 0 Å². The first-order valence-corrected chi connectivity index (χ1v) is 7.84. The van der Waals surface area contributed by atoms with Gasteiger partial charge in [-0.15, -0.1) is 0 Å². The van der Waals surface area contributed by atoms with E-state index in [0.29, 0.717) is 26.7 Å². The van der Waals surface area contributed by atoms with Gasteiger partial charge in [0.15, 0.2) is 0 Å².